The summed E-state index contributed by atoms with van der Waals surface area (Å²) in [6, 6.07) is 4.30. The Bertz CT molecular complexity index is 627. The van der Waals surface area contributed by atoms with E-state index < -0.39 is 11.8 Å². The normalized spacial score (nSPS) is 10.3. The number of carbonyl (C=O) groups is 1. The molecule has 2 rings (SSSR count). The molecule has 0 aliphatic heterocycles. The fourth-order valence-electron chi connectivity index (χ4n) is 1.58. The van der Waals surface area contributed by atoms with Crippen molar-refractivity contribution in [2.24, 2.45) is 0 Å². The van der Waals surface area contributed by atoms with E-state index in [2.05, 4.69) is 9.69 Å². The van der Waals surface area contributed by atoms with Crippen LogP contribution < -0.4 is 10.1 Å². The first kappa shape index (κ1) is 13.3. The molecule has 0 bridgehead atoms. The standard InChI is InChI=1S/C12H11FN2O3S/c1-6-10(12(16)17)11(19-15-6)14-7-3-4-9(18-2)8(13)5-7/h3-5,14H,1-2H3,(H,16,17). The summed E-state index contributed by atoms with van der Waals surface area (Å²) < 4.78 is 22.3. The molecule has 100 valence electrons. The third kappa shape index (κ3) is 2.65. The molecule has 0 saturated carbocycles. The van der Waals surface area contributed by atoms with Crippen molar-refractivity contribution in [2.75, 3.05) is 12.4 Å². The van der Waals surface area contributed by atoms with Gasteiger partial charge in [-0.05, 0) is 30.6 Å². The predicted molar refractivity (Wildman–Crippen MR) is 70.0 cm³/mol. The number of halogens is 1. The molecule has 1 heterocycles. The van der Waals surface area contributed by atoms with Gasteiger partial charge in [0, 0.05) is 11.8 Å². The number of aromatic carboxylic acids is 1. The largest absolute Gasteiger partial charge is 0.494 e. The Balaban J connectivity index is 2.31. The van der Waals surface area contributed by atoms with E-state index in [9.17, 15) is 9.18 Å². The zero-order valence-electron chi connectivity index (χ0n) is 10.2. The molecular weight excluding hydrogens is 271 g/mol. The number of benzene rings is 1. The Morgan fingerprint density at radius 3 is 2.84 bits per heavy atom. The minimum absolute atomic E-state index is 0.0984. The molecule has 7 heteroatoms. The lowest BCUT2D eigenvalue weighted by atomic mass is 10.2. The van der Waals surface area contributed by atoms with Crippen molar-refractivity contribution in [1.29, 1.82) is 0 Å². The molecule has 0 radical (unpaired) electrons. The molecule has 0 aliphatic rings. The van der Waals surface area contributed by atoms with Crippen molar-refractivity contribution >= 4 is 28.2 Å². The van der Waals surface area contributed by atoms with Crippen LogP contribution in [0.25, 0.3) is 0 Å². The van der Waals surface area contributed by atoms with Crippen LogP contribution in [0.3, 0.4) is 0 Å². The monoisotopic (exact) mass is 282 g/mol. The van der Waals surface area contributed by atoms with Crippen LogP contribution in [0.15, 0.2) is 18.2 Å². The second kappa shape index (κ2) is 5.23. The molecule has 0 aliphatic carbocycles. The number of carboxylic acids is 1. The highest BCUT2D eigenvalue weighted by Crippen LogP contribution is 2.29. The van der Waals surface area contributed by atoms with Crippen LogP contribution in [-0.2, 0) is 0 Å². The van der Waals surface area contributed by atoms with Gasteiger partial charge >= 0.3 is 5.97 Å². The molecular formula is C12H11FN2O3S. The van der Waals surface area contributed by atoms with E-state index in [1.54, 1.807) is 13.0 Å². The maximum absolute atomic E-state index is 13.5. The Morgan fingerprint density at radius 2 is 2.26 bits per heavy atom. The predicted octanol–water partition coefficient (Wildman–Crippen LogP) is 3.04. The highest BCUT2D eigenvalue weighted by Gasteiger charge is 2.17. The third-order valence-electron chi connectivity index (χ3n) is 2.49. The van der Waals surface area contributed by atoms with Gasteiger partial charge in [-0.25, -0.2) is 9.18 Å². The molecule has 0 saturated heterocycles. The van der Waals surface area contributed by atoms with Crippen molar-refractivity contribution in [3.63, 3.8) is 0 Å². The Labute approximate surface area is 112 Å². The minimum atomic E-state index is -1.07. The SMILES string of the molecule is COc1ccc(Nc2snc(C)c2C(=O)O)cc1F. The zero-order valence-corrected chi connectivity index (χ0v) is 11.0. The molecule has 5 nitrogen and oxygen atoms in total. The second-order valence-electron chi connectivity index (χ2n) is 3.75. The van der Waals surface area contributed by atoms with Crippen LogP contribution in [0, 0.1) is 12.7 Å². The van der Waals surface area contributed by atoms with Gasteiger partial charge in [0.25, 0.3) is 0 Å². The number of carboxylic acid groups (broad SMARTS) is 1. The molecule has 2 aromatic rings. The summed E-state index contributed by atoms with van der Waals surface area (Å²) in [5.41, 5.74) is 0.958. The summed E-state index contributed by atoms with van der Waals surface area (Å²) in [6.07, 6.45) is 0. The molecule has 19 heavy (non-hydrogen) atoms. The van der Waals surface area contributed by atoms with E-state index in [0.717, 1.165) is 11.5 Å². The van der Waals surface area contributed by atoms with Crippen LogP contribution in [-0.4, -0.2) is 22.6 Å². The van der Waals surface area contributed by atoms with Crippen molar-refractivity contribution in [2.45, 2.75) is 6.92 Å². The maximum atomic E-state index is 13.5. The number of methoxy groups -OCH3 is 1. The zero-order chi connectivity index (χ0) is 14.0. The van der Waals surface area contributed by atoms with Crippen LogP contribution in [0.2, 0.25) is 0 Å². The van der Waals surface area contributed by atoms with Crippen LogP contribution in [0.5, 0.6) is 5.75 Å². The molecule has 0 amide bonds. The van der Waals surface area contributed by atoms with Gasteiger partial charge in [-0.2, -0.15) is 4.37 Å². The number of anilines is 2. The third-order valence-corrected chi connectivity index (χ3v) is 3.34. The average Bonchev–Trinajstić information content (AvgIpc) is 2.70. The van der Waals surface area contributed by atoms with Crippen LogP contribution >= 0.6 is 11.5 Å². The topological polar surface area (TPSA) is 71.5 Å². The number of nitrogens with one attached hydrogen (secondary N) is 1. The number of rotatable bonds is 4. The second-order valence-corrected chi connectivity index (χ2v) is 4.52. The van der Waals surface area contributed by atoms with Crippen molar-refractivity contribution in [3.05, 3.63) is 35.3 Å². The number of aryl methyl sites for hydroxylation is 1. The van der Waals surface area contributed by atoms with E-state index in [-0.39, 0.29) is 11.3 Å². The lowest BCUT2D eigenvalue weighted by Crippen LogP contribution is -2.01. The van der Waals surface area contributed by atoms with Gasteiger partial charge in [-0.15, -0.1) is 0 Å². The Hall–Kier alpha value is -2.15. The molecule has 0 fully saturated rings. The van der Waals surface area contributed by atoms with Crippen molar-refractivity contribution in [3.8, 4) is 5.75 Å². The number of aromatic nitrogens is 1. The minimum Gasteiger partial charge on any atom is -0.494 e. The summed E-state index contributed by atoms with van der Waals surface area (Å²) >= 11 is 1.02. The molecule has 2 N–H and O–H groups in total. The number of hydrogen-bond donors (Lipinski definition) is 2. The van der Waals surface area contributed by atoms with Gasteiger partial charge in [0.15, 0.2) is 11.6 Å². The van der Waals surface area contributed by atoms with E-state index >= 15 is 0 Å². The average molecular weight is 282 g/mol. The first-order chi connectivity index (χ1) is 9.02. The summed E-state index contributed by atoms with van der Waals surface area (Å²) in [7, 11) is 1.38. The van der Waals surface area contributed by atoms with Gasteiger partial charge < -0.3 is 15.2 Å². The van der Waals surface area contributed by atoms with Gasteiger partial charge in [0.1, 0.15) is 10.6 Å². The highest BCUT2D eigenvalue weighted by atomic mass is 32.1. The summed E-state index contributed by atoms with van der Waals surface area (Å²) in [5.74, 6) is -1.46. The smallest absolute Gasteiger partial charge is 0.340 e. The van der Waals surface area contributed by atoms with Crippen LogP contribution in [0.4, 0.5) is 15.1 Å². The highest BCUT2D eigenvalue weighted by molar-refractivity contribution is 7.10. The van der Waals surface area contributed by atoms with Gasteiger partial charge in [-0.1, -0.05) is 0 Å². The quantitative estimate of drug-likeness (QED) is 0.901. The molecule has 1 aromatic carbocycles. The molecule has 0 atom stereocenters. The van der Waals surface area contributed by atoms with Crippen molar-refractivity contribution in [1.82, 2.24) is 4.37 Å². The lowest BCUT2D eigenvalue weighted by Gasteiger charge is -2.07. The van der Waals surface area contributed by atoms with Gasteiger partial charge in [-0.3, -0.25) is 0 Å². The van der Waals surface area contributed by atoms with E-state index in [4.69, 9.17) is 9.84 Å². The molecule has 0 unspecified atom stereocenters. The maximum Gasteiger partial charge on any atom is 0.340 e. The van der Waals surface area contributed by atoms with Crippen molar-refractivity contribution < 1.29 is 19.0 Å². The molecule has 0 spiro atoms. The first-order valence-electron chi connectivity index (χ1n) is 5.33. The molecule has 1 aromatic heterocycles. The summed E-state index contributed by atoms with van der Waals surface area (Å²) in [5, 5.41) is 12.3. The van der Waals surface area contributed by atoms with E-state index in [1.165, 1.54) is 19.2 Å². The van der Waals surface area contributed by atoms with Crippen LogP contribution in [0.1, 0.15) is 16.1 Å². The lowest BCUT2D eigenvalue weighted by molar-refractivity contribution is 0.0697. The van der Waals surface area contributed by atoms with E-state index in [0.29, 0.717) is 16.4 Å². The number of hydrogen-bond acceptors (Lipinski definition) is 5. The van der Waals surface area contributed by atoms with Gasteiger partial charge in [0.2, 0.25) is 0 Å². The summed E-state index contributed by atoms with van der Waals surface area (Å²) in [6.45, 7) is 1.61. The number of nitrogens with zero attached hydrogens (tertiary/aromatic N) is 1. The number of ether oxygens (including phenoxy) is 1. The Kier molecular flexibility index (Phi) is 3.66. The first-order valence-corrected chi connectivity index (χ1v) is 6.10. The van der Waals surface area contributed by atoms with E-state index in [1.807, 2.05) is 0 Å². The fourth-order valence-corrected chi connectivity index (χ4v) is 2.39. The van der Waals surface area contributed by atoms with Gasteiger partial charge in [0.05, 0.1) is 12.8 Å². The summed E-state index contributed by atoms with van der Waals surface area (Å²) in [4.78, 5) is 11.1. The fraction of sp³-hybridized carbons (Fsp3) is 0.167. The Morgan fingerprint density at radius 1 is 1.53 bits per heavy atom.